The molecule has 0 saturated carbocycles. The molecule has 1 aliphatic heterocycles. The van der Waals surface area contributed by atoms with Gasteiger partial charge in [-0.25, -0.2) is 0 Å². The first kappa shape index (κ1) is 19.6. The molecule has 2 aromatic rings. The van der Waals surface area contributed by atoms with Crippen molar-refractivity contribution in [3.8, 4) is 0 Å². The molecule has 0 atom stereocenters. The minimum Gasteiger partial charge on any atom is -0.343 e. The zero-order valence-electron chi connectivity index (χ0n) is 17.0. The number of hydrogen-bond acceptors (Lipinski definition) is 4. The minimum absolute atomic E-state index is 0.128. The van der Waals surface area contributed by atoms with Gasteiger partial charge in [0.05, 0.1) is 16.8 Å². The summed E-state index contributed by atoms with van der Waals surface area (Å²) in [6.45, 7) is 5.34. The Bertz CT molecular complexity index is 974. The highest BCUT2D eigenvalue weighted by atomic mass is 16.2. The van der Waals surface area contributed by atoms with E-state index < -0.39 is 5.41 Å². The molecular weight excluding hydrogens is 358 g/mol. The van der Waals surface area contributed by atoms with Gasteiger partial charge in [-0.2, -0.15) is 5.10 Å². The highest BCUT2D eigenvalue weighted by molar-refractivity contribution is 6.12. The second-order valence-corrected chi connectivity index (χ2v) is 7.71. The predicted octanol–water partition coefficient (Wildman–Crippen LogP) is 1.69. The van der Waals surface area contributed by atoms with Gasteiger partial charge in [-0.05, 0) is 32.4 Å². The summed E-state index contributed by atoms with van der Waals surface area (Å²) in [7, 11) is 4.96. The number of aromatic nitrogens is 2. The third-order valence-electron chi connectivity index (χ3n) is 5.16. The normalized spacial score (nSPS) is 14.8. The van der Waals surface area contributed by atoms with Crippen LogP contribution >= 0.6 is 0 Å². The third kappa shape index (κ3) is 3.04. The maximum absolute atomic E-state index is 12.9. The van der Waals surface area contributed by atoms with Gasteiger partial charge in [0.15, 0.2) is 5.69 Å². The van der Waals surface area contributed by atoms with Gasteiger partial charge < -0.3 is 15.1 Å². The number of benzene rings is 1. The van der Waals surface area contributed by atoms with Crippen LogP contribution in [0.4, 0.5) is 11.4 Å². The molecule has 148 valence electrons. The SMILES string of the molecule is Cc1c(NC(=O)CN2C(=O)C(C)(C)c3ccccc32)c(C(=O)N(C)C)nn1C. The number of amides is 3. The van der Waals surface area contributed by atoms with Crippen LogP contribution in [0.15, 0.2) is 24.3 Å². The summed E-state index contributed by atoms with van der Waals surface area (Å²) in [6, 6.07) is 7.48. The van der Waals surface area contributed by atoms with Crippen LogP contribution in [0, 0.1) is 6.92 Å². The molecule has 0 spiro atoms. The largest absolute Gasteiger partial charge is 0.343 e. The lowest BCUT2D eigenvalue weighted by atomic mass is 9.86. The Labute approximate surface area is 164 Å². The van der Waals surface area contributed by atoms with E-state index in [0.29, 0.717) is 11.4 Å². The van der Waals surface area contributed by atoms with Crippen molar-refractivity contribution in [3.05, 3.63) is 41.2 Å². The van der Waals surface area contributed by atoms with Gasteiger partial charge in [-0.1, -0.05) is 18.2 Å². The fourth-order valence-corrected chi connectivity index (χ4v) is 3.40. The number of anilines is 2. The Morgan fingerprint density at radius 1 is 1.21 bits per heavy atom. The number of carbonyl (C=O) groups excluding carboxylic acids is 3. The maximum atomic E-state index is 12.9. The van der Waals surface area contributed by atoms with Crippen LogP contribution in [0.5, 0.6) is 0 Å². The summed E-state index contributed by atoms with van der Waals surface area (Å²) < 4.78 is 1.55. The summed E-state index contributed by atoms with van der Waals surface area (Å²) in [4.78, 5) is 40.9. The van der Waals surface area contributed by atoms with Crippen molar-refractivity contribution >= 4 is 29.1 Å². The second kappa shape index (κ2) is 6.78. The molecule has 0 aliphatic carbocycles. The van der Waals surface area contributed by atoms with Gasteiger partial charge in [-0.15, -0.1) is 0 Å². The molecule has 1 N–H and O–H groups in total. The molecule has 8 nitrogen and oxygen atoms in total. The number of hydrogen-bond donors (Lipinski definition) is 1. The second-order valence-electron chi connectivity index (χ2n) is 7.71. The number of aryl methyl sites for hydroxylation is 1. The van der Waals surface area contributed by atoms with Crippen molar-refractivity contribution in [2.75, 3.05) is 30.9 Å². The quantitative estimate of drug-likeness (QED) is 0.870. The van der Waals surface area contributed by atoms with E-state index in [-0.39, 0.29) is 30.0 Å². The molecule has 1 aromatic heterocycles. The lowest BCUT2D eigenvalue weighted by Crippen LogP contribution is -2.41. The predicted molar refractivity (Wildman–Crippen MR) is 106 cm³/mol. The van der Waals surface area contributed by atoms with Gasteiger partial charge in [0.2, 0.25) is 11.8 Å². The molecule has 28 heavy (non-hydrogen) atoms. The van der Waals surface area contributed by atoms with Crippen molar-refractivity contribution in [1.82, 2.24) is 14.7 Å². The first-order valence-electron chi connectivity index (χ1n) is 9.02. The molecule has 3 amide bonds. The zero-order valence-corrected chi connectivity index (χ0v) is 17.0. The molecule has 3 rings (SSSR count). The van der Waals surface area contributed by atoms with Gasteiger partial charge in [-0.3, -0.25) is 19.1 Å². The van der Waals surface area contributed by atoms with Crippen molar-refractivity contribution in [2.45, 2.75) is 26.2 Å². The number of para-hydroxylation sites is 1. The van der Waals surface area contributed by atoms with Gasteiger partial charge >= 0.3 is 0 Å². The fourth-order valence-electron chi connectivity index (χ4n) is 3.40. The molecule has 1 aliphatic rings. The summed E-state index contributed by atoms with van der Waals surface area (Å²) >= 11 is 0. The number of nitrogens with zero attached hydrogens (tertiary/aromatic N) is 4. The van der Waals surface area contributed by atoms with Crippen LogP contribution in [0.2, 0.25) is 0 Å². The van der Waals surface area contributed by atoms with E-state index in [1.54, 1.807) is 32.7 Å². The van der Waals surface area contributed by atoms with Crippen LogP contribution in [0.3, 0.4) is 0 Å². The Kier molecular flexibility index (Phi) is 4.74. The Morgan fingerprint density at radius 2 is 1.86 bits per heavy atom. The Hall–Kier alpha value is -3.16. The van der Waals surface area contributed by atoms with Crippen LogP contribution in [0.25, 0.3) is 0 Å². The van der Waals surface area contributed by atoms with E-state index in [2.05, 4.69) is 10.4 Å². The molecule has 2 heterocycles. The van der Waals surface area contributed by atoms with Gasteiger partial charge in [0, 0.05) is 26.8 Å². The van der Waals surface area contributed by atoms with E-state index in [1.165, 1.54) is 9.80 Å². The van der Waals surface area contributed by atoms with Crippen molar-refractivity contribution < 1.29 is 14.4 Å². The molecule has 0 radical (unpaired) electrons. The highest BCUT2D eigenvalue weighted by Crippen LogP contribution is 2.41. The lowest BCUT2D eigenvalue weighted by Gasteiger charge is -2.20. The topological polar surface area (TPSA) is 87.5 Å². The molecule has 1 aromatic carbocycles. The first-order valence-corrected chi connectivity index (χ1v) is 9.02. The fraction of sp³-hybridized carbons (Fsp3) is 0.400. The zero-order chi connectivity index (χ0) is 20.8. The Morgan fingerprint density at radius 3 is 2.50 bits per heavy atom. The average molecular weight is 383 g/mol. The monoisotopic (exact) mass is 383 g/mol. The number of rotatable bonds is 4. The van der Waals surface area contributed by atoms with Crippen LogP contribution in [-0.4, -0.2) is 53.0 Å². The van der Waals surface area contributed by atoms with Crippen molar-refractivity contribution in [2.24, 2.45) is 7.05 Å². The number of fused-ring (bicyclic) bond motifs is 1. The Balaban J connectivity index is 1.87. The van der Waals surface area contributed by atoms with E-state index in [1.807, 2.05) is 38.1 Å². The summed E-state index contributed by atoms with van der Waals surface area (Å²) in [5.41, 5.74) is 2.14. The first-order chi connectivity index (χ1) is 13.1. The molecule has 0 unspecified atom stereocenters. The number of nitrogens with one attached hydrogen (secondary N) is 1. The van der Waals surface area contributed by atoms with Crippen molar-refractivity contribution in [1.29, 1.82) is 0 Å². The summed E-state index contributed by atoms with van der Waals surface area (Å²) in [6.07, 6.45) is 0. The average Bonchev–Trinajstić information content (AvgIpc) is 3.02. The molecular formula is C20H25N5O3. The van der Waals surface area contributed by atoms with Crippen LogP contribution in [0.1, 0.15) is 35.6 Å². The van der Waals surface area contributed by atoms with E-state index in [0.717, 1.165) is 11.3 Å². The van der Waals surface area contributed by atoms with Crippen molar-refractivity contribution in [3.63, 3.8) is 0 Å². The van der Waals surface area contributed by atoms with E-state index in [9.17, 15) is 14.4 Å². The maximum Gasteiger partial charge on any atom is 0.276 e. The van der Waals surface area contributed by atoms with E-state index >= 15 is 0 Å². The molecule has 0 fully saturated rings. The smallest absolute Gasteiger partial charge is 0.276 e. The van der Waals surface area contributed by atoms with Crippen LogP contribution < -0.4 is 10.2 Å². The third-order valence-corrected chi connectivity index (χ3v) is 5.16. The van der Waals surface area contributed by atoms with E-state index in [4.69, 9.17) is 0 Å². The minimum atomic E-state index is -0.687. The van der Waals surface area contributed by atoms with Gasteiger partial charge in [0.25, 0.3) is 5.91 Å². The highest BCUT2D eigenvalue weighted by Gasteiger charge is 2.44. The molecule has 8 heteroatoms. The summed E-state index contributed by atoms with van der Waals surface area (Å²) in [5.74, 6) is -0.816. The standard InChI is InChI=1S/C20H25N5O3/c1-12-16(17(22-24(12)6)18(27)23(4)5)21-15(26)11-25-14-10-8-7-9-13(14)20(2,3)19(25)28/h7-10H,11H2,1-6H3,(H,21,26). The van der Waals surface area contributed by atoms with Crippen LogP contribution in [-0.2, 0) is 22.1 Å². The van der Waals surface area contributed by atoms with Gasteiger partial charge in [0.1, 0.15) is 6.54 Å². The molecule has 0 saturated heterocycles. The lowest BCUT2D eigenvalue weighted by molar-refractivity contribution is -0.124. The number of carbonyl (C=O) groups is 3. The molecule has 0 bridgehead atoms. The summed E-state index contributed by atoms with van der Waals surface area (Å²) in [5, 5.41) is 7.00.